The van der Waals surface area contributed by atoms with E-state index in [1.54, 1.807) is 19.2 Å². The van der Waals surface area contributed by atoms with Gasteiger partial charge in [-0.15, -0.1) is 0 Å². The fourth-order valence-electron chi connectivity index (χ4n) is 2.29. The normalized spacial score (nSPS) is 18.3. The fourth-order valence-corrected chi connectivity index (χ4v) is 2.29. The number of β-amino-alcohol motifs (C(OH)–C–C–N with tert-alkyl or cyclic N) is 1. The van der Waals surface area contributed by atoms with Crippen LogP contribution in [0.15, 0.2) is 18.3 Å². The van der Waals surface area contributed by atoms with E-state index < -0.39 is 4.92 Å². The lowest BCUT2D eigenvalue weighted by Crippen LogP contribution is -2.48. The van der Waals surface area contributed by atoms with Crippen LogP contribution in [0.25, 0.3) is 0 Å². The Bertz CT molecular complexity index is 444. The van der Waals surface area contributed by atoms with Gasteiger partial charge in [0.05, 0.1) is 11.0 Å². The van der Waals surface area contributed by atoms with E-state index in [9.17, 15) is 15.2 Å². The molecule has 0 aromatic carbocycles. The molecule has 7 nitrogen and oxygen atoms in total. The summed E-state index contributed by atoms with van der Waals surface area (Å²) in [4.78, 5) is 18.8. The molecule has 0 amide bonds. The van der Waals surface area contributed by atoms with Crippen molar-refractivity contribution in [2.75, 3.05) is 37.6 Å². The van der Waals surface area contributed by atoms with E-state index in [2.05, 4.69) is 9.88 Å². The first-order valence-corrected chi connectivity index (χ1v) is 6.32. The van der Waals surface area contributed by atoms with E-state index in [4.69, 9.17) is 0 Å². The number of hydrogen-bond donors (Lipinski definition) is 1. The molecule has 2 rings (SSSR count). The maximum absolute atomic E-state index is 11.0. The van der Waals surface area contributed by atoms with E-state index in [0.29, 0.717) is 25.5 Å². The molecule has 0 bridgehead atoms. The van der Waals surface area contributed by atoms with Gasteiger partial charge in [-0.25, -0.2) is 4.98 Å². The number of pyridine rings is 1. The molecule has 104 valence electrons. The van der Waals surface area contributed by atoms with Gasteiger partial charge in [-0.2, -0.15) is 0 Å². The topological polar surface area (TPSA) is 82.7 Å². The van der Waals surface area contributed by atoms with Crippen LogP contribution >= 0.6 is 0 Å². The van der Waals surface area contributed by atoms with Crippen LogP contribution in [0.5, 0.6) is 0 Å². The van der Waals surface area contributed by atoms with Gasteiger partial charge in [-0.05, 0) is 13.0 Å². The van der Waals surface area contributed by atoms with E-state index in [1.165, 1.54) is 6.07 Å². The Morgan fingerprint density at radius 3 is 2.74 bits per heavy atom. The van der Waals surface area contributed by atoms with Crippen LogP contribution in [0.2, 0.25) is 0 Å². The van der Waals surface area contributed by atoms with Gasteiger partial charge in [0.1, 0.15) is 0 Å². The number of hydrogen-bond acceptors (Lipinski definition) is 6. The van der Waals surface area contributed by atoms with Crippen LogP contribution in [0.3, 0.4) is 0 Å². The third-order valence-corrected chi connectivity index (χ3v) is 3.16. The van der Waals surface area contributed by atoms with Gasteiger partial charge < -0.3 is 10.0 Å². The zero-order valence-electron chi connectivity index (χ0n) is 10.9. The Hall–Kier alpha value is -1.73. The molecule has 1 atom stereocenters. The predicted octanol–water partition coefficient (Wildman–Crippen LogP) is 0.493. The predicted molar refractivity (Wildman–Crippen MR) is 71.2 cm³/mol. The van der Waals surface area contributed by atoms with Crippen molar-refractivity contribution in [1.82, 2.24) is 9.88 Å². The average molecular weight is 266 g/mol. The van der Waals surface area contributed by atoms with Gasteiger partial charge >= 0.3 is 5.69 Å². The van der Waals surface area contributed by atoms with Gasteiger partial charge in [-0.3, -0.25) is 15.0 Å². The smallest absolute Gasteiger partial charge is 0.311 e. The molecule has 0 radical (unpaired) electrons. The largest absolute Gasteiger partial charge is 0.392 e. The molecule has 0 spiro atoms. The van der Waals surface area contributed by atoms with Crippen molar-refractivity contribution < 1.29 is 10.0 Å². The summed E-state index contributed by atoms with van der Waals surface area (Å²) in [6, 6.07) is 3.05. The Kier molecular flexibility index (Phi) is 4.28. The Morgan fingerprint density at radius 2 is 2.16 bits per heavy atom. The number of aliphatic hydroxyl groups excluding tert-OH is 1. The zero-order chi connectivity index (χ0) is 13.8. The fraction of sp³-hybridized carbons (Fsp3) is 0.583. The number of piperazine rings is 1. The highest BCUT2D eigenvalue weighted by atomic mass is 16.6. The van der Waals surface area contributed by atoms with Crippen LogP contribution in [-0.4, -0.2) is 58.7 Å². The van der Waals surface area contributed by atoms with E-state index >= 15 is 0 Å². The number of aliphatic hydroxyl groups is 1. The molecule has 0 aliphatic carbocycles. The minimum atomic E-state index is -0.398. The molecule has 1 aromatic heterocycles. The number of anilines is 1. The summed E-state index contributed by atoms with van der Waals surface area (Å²) in [5, 5.41) is 20.3. The van der Waals surface area contributed by atoms with E-state index in [-0.39, 0.29) is 11.8 Å². The monoisotopic (exact) mass is 266 g/mol. The van der Waals surface area contributed by atoms with Crippen molar-refractivity contribution in [3.05, 3.63) is 28.4 Å². The summed E-state index contributed by atoms with van der Waals surface area (Å²) in [7, 11) is 0. The zero-order valence-corrected chi connectivity index (χ0v) is 10.9. The van der Waals surface area contributed by atoms with Gasteiger partial charge in [0.15, 0.2) is 0 Å². The maximum atomic E-state index is 11.0. The summed E-state index contributed by atoms with van der Waals surface area (Å²) in [6.45, 7) is 5.32. The molecule has 1 N–H and O–H groups in total. The van der Waals surface area contributed by atoms with Crippen LogP contribution in [-0.2, 0) is 0 Å². The average Bonchev–Trinajstić information content (AvgIpc) is 2.39. The summed E-state index contributed by atoms with van der Waals surface area (Å²) in [6.07, 6.45) is 1.22. The SMILES string of the molecule is C[C@@H](O)CN1CCN(c2ncccc2[N+](=O)[O-])CC1. The molecule has 1 aliphatic rings. The molecular formula is C12H18N4O3. The second-order valence-corrected chi connectivity index (χ2v) is 4.74. The number of nitrogens with zero attached hydrogens (tertiary/aromatic N) is 4. The first kappa shape index (κ1) is 13.7. The molecule has 1 fully saturated rings. The second kappa shape index (κ2) is 5.94. The lowest BCUT2D eigenvalue weighted by atomic mass is 10.2. The number of nitro groups is 1. The molecule has 1 aliphatic heterocycles. The van der Waals surface area contributed by atoms with Crippen molar-refractivity contribution >= 4 is 11.5 Å². The van der Waals surface area contributed by atoms with Gasteiger partial charge in [-0.1, -0.05) is 0 Å². The molecule has 7 heteroatoms. The first-order valence-electron chi connectivity index (χ1n) is 6.32. The van der Waals surface area contributed by atoms with Crippen LogP contribution < -0.4 is 4.90 Å². The Labute approximate surface area is 111 Å². The Morgan fingerprint density at radius 1 is 1.47 bits per heavy atom. The molecule has 19 heavy (non-hydrogen) atoms. The number of aromatic nitrogens is 1. The second-order valence-electron chi connectivity index (χ2n) is 4.74. The Balaban J connectivity index is 2.04. The minimum Gasteiger partial charge on any atom is -0.392 e. The van der Waals surface area contributed by atoms with Crippen molar-refractivity contribution in [3.8, 4) is 0 Å². The highest BCUT2D eigenvalue weighted by molar-refractivity contribution is 5.57. The summed E-state index contributed by atoms with van der Waals surface area (Å²) in [5.41, 5.74) is 0.0477. The van der Waals surface area contributed by atoms with Crippen molar-refractivity contribution in [3.63, 3.8) is 0 Å². The first-order chi connectivity index (χ1) is 9.08. The van der Waals surface area contributed by atoms with Crippen molar-refractivity contribution in [1.29, 1.82) is 0 Å². The van der Waals surface area contributed by atoms with Crippen LogP contribution in [0.1, 0.15) is 6.92 Å². The maximum Gasteiger partial charge on any atom is 0.311 e. The number of rotatable bonds is 4. The van der Waals surface area contributed by atoms with Gasteiger partial charge in [0.25, 0.3) is 0 Å². The molecule has 1 saturated heterocycles. The quantitative estimate of drug-likeness (QED) is 0.631. The molecular weight excluding hydrogens is 248 g/mol. The van der Waals surface area contributed by atoms with Crippen molar-refractivity contribution in [2.45, 2.75) is 13.0 Å². The molecule has 1 aromatic rings. The van der Waals surface area contributed by atoms with E-state index in [1.807, 2.05) is 4.90 Å². The molecule has 0 unspecified atom stereocenters. The standard InChI is InChI=1S/C12H18N4O3/c1-10(17)9-14-5-7-15(8-6-14)12-11(16(18)19)3-2-4-13-12/h2-4,10,17H,5-9H2,1H3/t10-/m1/s1. The van der Waals surface area contributed by atoms with Crippen molar-refractivity contribution in [2.24, 2.45) is 0 Å². The third kappa shape index (κ3) is 3.39. The molecule has 0 saturated carbocycles. The molecule has 2 heterocycles. The highest BCUT2D eigenvalue weighted by Crippen LogP contribution is 2.25. The van der Waals surface area contributed by atoms with Crippen LogP contribution in [0, 0.1) is 10.1 Å². The minimum absolute atomic E-state index is 0.0477. The third-order valence-electron chi connectivity index (χ3n) is 3.16. The highest BCUT2D eigenvalue weighted by Gasteiger charge is 2.24. The van der Waals surface area contributed by atoms with Crippen LogP contribution in [0.4, 0.5) is 11.5 Å². The summed E-state index contributed by atoms with van der Waals surface area (Å²) in [5.74, 6) is 0.434. The lowest BCUT2D eigenvalue weighted by Gasteiger charge is -2.35. The summed E-state index contributed by atoms with van der Waals surface area (Å²) >= 11 is 0. The lowest BCUT2D eigenvalue weighted by molar-refractivity contribution is -0.384. The van der Waals surface area contributed by atoms with Gasteiger partial charge in [0, 0.05) is 45.0 Å². The van der Waals surface area contributed by atoms with Gasteiger partial charge in [0.2, 0.25) is 5.82 Å². The van der Waals surface area contributed by atoms with E-state index in [0.717, 1.165) is 13.1 Å². The summed E-state index contributed by atoms with van der Waals surface area (Å²) < 4.78 is 0.